The first-order valence-electron chi connectivity index (χ1n) is 9.93. The van der Waals surface area contributed by atoms with Gasteiger partial charge in [0.25, 0.3) is 5.91 Å². The van der Waals surface area contributed by atoms with Crippen LogP contribution >= 0.6 is 0 Å². The number of hydrogen-bond donors (Lipinski definition) is 3. The lowest BCUT2D eigenvalue weighted by Gasteiger charge is -2.23. The average molecular weight is 428 g/mol. The predicted octanol–water partition coefficient (Wildman–Crippen LogP) is -0.312. The molecule has 0 aromatic heterocycles. The Hall–Kier alpha value is -2.85. The van der Waals surface area contributed by atoms with Crippen molar-refractivity contribution in [3.63, 3.8) is 0 Å². The van der Waals surface area contributed by atoms with E-state index in [9.17, 15) is 24.0 Å². The Labute approximate surface area is 176 Å². The van der Waals surface area contributed by atoms with Crippen molar-refractivity contribution in [3.8, 4) is 0 Å². The number of amides is 4. The van der Waals surface area contributed by atoms with Gasteiger partial charge in [0.1, 0.15) is 11.6 Å². The summed E-state index contributed by atoms with van der Waals surface area (Å²) in [6.07, 6.45) is 0.614. The first kappa shape index (κ1) is 25.2. The SMILES string of the molecule is CNC(=O)CCNC(=O)COC(=O)C1CCCN1C(=O)CCNC(=O)OC(C)(C)C. The number of esters is 1. The smallest absolute Gasteiger partial charge is 0.407 e. The lowest BCUT2D eigenvalue weighted by atomic mass is 10.2. The first-order chi connectivity index (χ1) is 14.0. The maximum Gasteiger partial charge on any atom is 0.407 e. The molecule has 170 valence electrons. The molecule has 1 heterocycles. The van der Waals surface area contributed by atoms with E-state index in [2.05, 4.69) is 16.0 Å². The highest BCUT2D eigenvalue weighted by Gasteiger charge is 2.35. The quantitative estimate of drug-likeness (QED) is 0.427. The highest BCUT2D eigenvalue weighted by atomic mass is 16.6. The number of carbonyl (C=O) groups excluding carboxylic acids is 5. The van der Waals surface area contributed by atoms with Crippen LogP contribution in [0.5, 0.6) is 0 Å². The number of nitrogens with one attached hydrogen (secondary N) is 3. The van der Waals surface area contributed by atoms with Crippen molar-refractivity contribution in [1.29, 1.82) is 0 Å². The van der Waals surface area contributed by atoms with Crippen LogP contribution in [0.1, 0.15) is 46.5 Å². The van der Waals surface area contributed by atoms with Crippen LogP contribution in [-0.2, 0) is 28.7 Å². The van der Waals surface area contributed by atoms with E-state index in [1.807, 2.05) is 0 Å². The fourth-order valence-corrected chi connectivity index (χ4v) is 2.76. The van der Waals surface area contributed by atoms with Gasteiger partial charge >= 0.3 is 12.1 Å². The Morgan fingerprint density at radius 2 is 1.67 bits per heavy atom. The molecule has 1 aliphatic rings. The summed E-state index contributed by atoms with van der Waals surface area (Å²) in [7, 11) is 1.49. The molecule has 1 aliphatic heterocycles. The topological polar surface area (TPSA) is 143 Å². The molecule has 1 saturated heterocycles. The van der Waals surface area contributed by atoms with Crippen molar-refractivity contribution >= 4 is 29.8 Å². The Balaban J connectivity index is 2.37. The maximum atomic E-state index is 12.4. The van der Waals surface area contributed by atoms with Crippen molar-refractivity contribution in [2.24, 2.45) is 0 Å². The number of likely N-dealkylation sites (tertiary alicyclic amines) is 1. The predicted molar refractivity (Wildman–Crippen MR) is 106 cm³/mol. The summed E-state index contributed by atoms with van der Waals surface area (Å²) in [4.78, 5) is 60.5. The van der Waals surface area contributed by atoms with Crippen LogP contribution in [-0.4, -0.2) is 79.6 Å². The molecule has 11 heteroatoms. The van der Waals surface area contributed by atoms with Crippen LogP contribution in [0.15, 0.2) is 0 Å². The van der Waals surface area contributed by atoms with Gasteiger partial charge in [-0.1, -0.05) is 0 Å². The second-order valence-electron chi connectivity index (χ2n) is 7.80. The molecule has 0 saturated carbocycles. The van der Waals surface area contributed by atoms with Gasteiger partial charge < -0.3 is 30.3 Å². The van der Waals surface area contributed by atoms with Gasteiger partial charge in [-0.3, -0.25) is 14.4 Å². The van der Waals surface area contributed by atoms with Gasteiger partial charge in [-0.05, 0) is 33.6 Å². The molecule has 0 aromatic carbocycles. The molecule has 1 atom stereocenters. The largest absolute Gasteiger partial charge is 0.454 e. The maximum absolute atomic E-state index is 12.4. The van der Waals surface area contributed by atoms with Gasteiger partial charge in [-0.15, -0.1) is 0 Å². The zero-order valence-corrected chi connectivity index (χ0v) is 18.0. The van der Waals surface area contributed by atoms with Crippen LogP contribution < -0.4 is 16.0 Å². The molecule has 30 heavy (non-hydrogen) atoms. The Morgan fingerprint density at radius 3 is 2.30 bits per heavy atom. The standard InChI is InChI=1S/C19H32N4O7/c1-19(2,3)30-18(28)22-10-8-16(26)23-11-5-6-13(23)17(27)29-12-15(25)21-9-7-14(24)20-4/h13H,5-12H2,1-4H3,(H,20,24)(H,21,25)(H,22,28). The number of carbonyl (C=O) groups is 5. The Bertz CT molecular complexity index is 645. The molecular weight excluding hydrogens is 396 g/mol. The molecular formula is C19H32N4O7. The van der Waals surface area contributed by atoms with Gasteiger partial charge in [0, 0.05) is 39.5 Å². The minimum Gasteiger partial charge on any atom is -0.454 e. The third kappa shape index (κ3) is 9.57. The number of ether oxygens (including phenoxy) is 2. The molecule has 3 N–H and O–H groups in total. The second-order valence-corrected chi connectivity index (χ2v) is 7.80. The van der Waals surface area contributed by atoms with Crippen molar-refractivity contribution in [2.75, 3.05) is 33.3 Å². The van der Waals surface area contributed by atoms with Crippen LogP contribution in [0.25, 0.3) is 0 Å². The Morgan fingerprint density at radius 1 is 1.00 bits per heavy atom. The minimum absolute atomic E-state index is 0.0169. The number of alkyl carbamates (subject to hydrolysis) is 1. The van der Waals surface area contributed by atoms with Gasteiger partial charge in [-0.2, -0.15) is 0 Å². The third-order valence-corrected chi connectivity index (χ3v) is 4.15. The van der Waals surface area contributed by atoms with E-state index in [0.717, 1.165) is 0 Å². The number of rotatable bonds is 9. The van der Waals surface area contributed by atoms with Gasteiger partial charge in [0.15, 0.2) is 6.61 Å². The summed E-state index contributed by atoms with van der Waals surface area (Å²) in [5.41, 5.74) is -0.632. The molecule has 0 radical (unpaired) electrons. The lowest BCUT2D eigenvalue weighted by molar-refractivity contribution is -0.156. The van der Waals surface area contributed by atoms with Crippen LogP contribution in [0.4, 0.5) is 4.79 Å². The van der Waals surface area contributed by atoms with Gasteiger partial charge in [0.2, 0.25) is 11.8 Å². The summed E-state index contributed by atoms with van der Waals surface area (Å²) in [5.74, 6) is -1.68. The van der Waals surface area contributed by atoms with Crippen LogP contribution in [0.3, 0.4) is 0 Å². The van der Waals surface area contributed by atoms with E-state index in [0.29, 0.717) is 19.4 Å². The second kappa shape index (κ2) is 12.0. The highest BCUT2D eigenvalue weighted by Crippen LogP contribution is 2.19. The van der Waals surface area contributed by atoms with Crippen molar-refractivity contribution in [1.82, 2.24) is 20.9 Å². The zero-order valence-electron chi connectivity index (χ0n) is 18.0. The summed E-state index contributed by atoms with van der Waals surface area (Å²) in [5, 5.41) is 7.40. The van der Waals surface area contributed by atoms with E-state index in [-0.39, 0.29) is 37.7 Å². The lowest BCUT2D eigenvalue weighted by Crippen LogP contribution is -2.43. The molecule has 1 unspecified atom stereocenters. The highest BCUT2D eigenvalue weighted by molar-refractivity contribution is 5.87. The van der Waals surface area contributed by atoms with Gasteiger partial charge in [0.05, 0.1) is 0 Å². The summed E-state index contributed by atoms with van der Waals surface area (Å²) in [6.45, 7) is 5.35. The number of hydrogen-bond acceptors (Lipinski definition) is 7. The van der Waals surface area contributed by atoms with Crippen LogP contribution in [0.2, 0.25) is 0 Å². The zero-order chi connectivity index (χ0) is 22.7. The molecule has 0 spiro atoms. The molecule has 0 aliphatic carbocycles. The molecule has 0 bridgehead atoms. The van der Waals surface area contributed by atoms with Gasteiger partial charge in [-0.25, -0.2) is 9.59 Å². The normalized spacial score (nSPS) is 15.9. The van der Waals surface area contributed by atoms with E-state index in [4.69, 9.17) is 9.47 Å². The molecule has 0 aromatic rings. The molecule has 4 amide bonds. The molecule has 1 rings (SSSR count). The summed E-state index contributed by atoms with van der Waals surface area (Å²) >= 11 is 0. The summed E-state index contributed by atoms with van der Waals surface area (Å²) < 4.78 is 10.1. The Kier molecular flexibility index (Phi) is 10.1. The first-order valence-corrected chi connectivity index (χ1v) is 9.93. The van der Waals surface area contributed by atoms with E-state index >= 15 is 0 Å². The van der Waals surface area contributed by atoms with Crippen molar-refractivity contribution in [2.45, 2.75) is 58.1 Å². The molecule has 1 fully saturated rings. The van der Waals surface area contributed by atoms with Crippen molar-refractivity contribution < 1.29 is 33.4 Å². The fourth-order valence-electron chi connectivity index (χ4n) is 2.76. The van der Waals surface area contributed by atoms with Crippen molar-refractivity contribution in [3.05, 3.63) is 0 Å². The summed E-state index contributed by atoms with van der Waals surface area (Å²) in [6, 6.07) is -0.752. The van der Waals surface area contributed by atoms with E-state index < -0.39 is 36.2 Å². The molecule has 11 nitrogen and oxygen atoms in total. The fraction of sp³-hybridized carbons (Fsp3) is 0.737. The van der Waals surface area contributed by atoms with E-state index in [1.165, 1.54) is 11.9 Å². The minimum atomic E-state index is -0.752. The third-order valence-electron chi connectivity index (χ3n) is 4.15. The monoisotopic (exact) mass is 428 g/mol. The average Bonchev–Trinajstić information content (AvgIpc) is 3.14. The van der Waals surface area contributed by atoms with Crippen LogP contribution in [0, 0.1) is 0 Å². The van der Waals surface area contributed by atoms with E-state index in [1.54, 1.807) is 20.8 Å². The number of nitrogens with zero attached hydrogens (tertiary/aromatic N) is 1.